The Morgan fingerprint density at radius 2 is 1.93 bits per heavy atom. The third-order valence-electron chi connectivity index (χ3n) is 4.52. The molecule has 0 bridgehead atoms. The highest BCUT2D eigenvalue weighted by atomic mass is 32.2. The third-order valence-corrected chi connectivity index (χ3v) is 6.16. The van der Waals surface area contributed by atoms with Crippen molar-refractivity contribution >= 4 is 39.2 Å². The Labute approximate surface area is 175 Å². The van der Waals surface area contributed by atoms with Gasteiger partial charge in [0.1, 0.15) is 0 Å². The number of benzene rings is 2. The van der Waals surface area contributed by atoms with Crippen LogP contribution in [0.4, 0.5) is 0 Å². The van der Waals surface area contributed by atoms with Gasteiger partial charge in [0.05, 0.1) is 24.4 Å². The predicted octanol–water partition coefficient (Wildman–Crippen LogP) is 3.55. The summed E-state index contributed by atoms with van der Waals surface area (Å²) in [6.45, 7) is 0.964. The van der Waals surface area contributed by atoms with Crippen LogP contribution in [0.15, 0.2) is 35.3 Å². The van der Waals surface area contributed by atoms with Gasteiger partial charge in [0, 0.05) is 30.0 Å². The van der Waals surface area contributed by atoms with Gasteiger partial charge in [0.25, 0.3) is 5.91 Å². The zero-order valence-corrected chi connectivity index (χ0v) is 17.9. The second-order valence-corrected chi connectivity index (χ2v) is 8.18. The molecule has 0 saturated carbocycles. The minimum absolute atomic E-state index is 0.229. The van der Waals surface area contributed by atoms with Crippen molar-refractivity contribution in [1.82, 2.24) is 4.57 Å². The molecule has 0 saturated heterocycles. The molecular formula is C20H20N2O5S2. The van der Waals surface area contributed by atoms with Gasteiger partial charge in [-0.15, -0.1) is 0 Å². The molecule has 0 N–H and O–H groups in total. The number of ether oxygens (including phenoxy) is 4. The molecule has 1 aliphatic rings. The summed E-state index contributed by atoms with van der Waals surface area (Å²) in [6, 6.07) is 8.92. The average molecular weight is 433 g/mol. The quantitative estimate of drug-likeness (QED) is 0.593. The van der Waals surface area contributed by atoms with Crippen molar-refractivity contribution in [3.8, 4) is 23.0 Å². The van der Waals surface area contributed by atoms with E-state index < -0.39 is 0 Å². The van der Waals surface area contributed by atoms with Gasteiger partial charge in [-0.2, -0.15) is 16.8 Å². The highest BCUT2D eigenvalue weighted by molar-refractivity contribution is 7.98. The third kappa shape index (κ3) is 3.79. The van der Waals surface area contributed by atoms with Crippen molar-refractivity contribution in [1.29, 1.82) is 0 Å². The Balaban J connectivity index is 1.79. The van der Waals surface area contributed by atoms with Gasteiger partial charge in [-0.1, -0.05) is 11.3 Å². The van der Waals surface area contributed by atoms with E-state index in [2.05, 4.69) is 15.8 Å². The highest BCUT2D eigenvalue weighted by Crippen LogP contribution is 2.37. The molecule has 4 rings (SSSR count). The van der Waals surface area contributed by atoms with E-state index in [0.29, 0.717) is 33.4 Å². The van der Waals surface area contributed by atoms with Crippen molar-refractivity contribution in [2.24, 2.45) is 4.99 Å². The molecule has 3 aromatic rings. The summed E-state index contributed by atoms with van der Waals surface area (Å²) in [5.74, 6) is 3.05. The number of carbonyl (C=O) groups is 1. The van der Waals surface area contributed by atoms with Crippen LogP contribution in [0.25, 0.3) is 10.2 Å². The Kier molecular flexibility index (Phi) is 5.68. The number of rotatable bonds is 6. The van der Waals surface area contributed by atoms with Crippen molar-refractivity contribution in [3.05, 3.63) is 40.7 Å². The fourth-order valence-corrected chi connectivity index (χ4v) is 4.49. The minimum Gasteiger partial charge on any atom is -0.493 e. The van der Waals surface area contributed by atoms with E-state index in [4.69, 9.17) is 18.9 Å². The zero-order valence-electron chi connectivity index (χ0n) is 16.3. The van der Waals surface area contributed by atoms with Crippen LogP contribution in [0.1, 0.15) is 10.4 Å². The number of aryl methyl sites for hydroxylation is 1. The van der Waals surface area contributed by atoms with Gasteiger partial charge in [-0.25, -0.2) is 0 Å². The first-order chi connectivity index (χ1) is 14.1. The fourth-order valence-electron chi connectivity index (χ4n) is 3.06. The molecule has 152 valence electrons. The van der Waals surface area contributed by atoms with Crippen molar-refractivity contribution in [3.63, 3.8) is 0 Å². The Bertz CT molecular complexity index is 1140. The molecule has 0 unspecified atom stereocenters. The molecule has 1 aromatic heterocycles. The van der Waals surface area contributed by atoms with E-state index in [0.717, 1.165) is 22.5 Å². The second-order valence-electron chi connectivity index (χ2n) is 6.19. The summed E-state index contributed by atoms with van der Waals surface area (Å²) < 4.78 is 24.6. The molecule has 1 aliphatic heterocycles. The Morgan fingerprint density at radius 3 is 2.66 bits per heavy atom. The van der Waals surface area contributed by atoms with E-state index >= 15 is 0 Å². The first kappa shape index (κ1) is 19.7. The van der Waals surface area contributed by atoms with Crippen LogP contribution in [0.3, 0.4) is 0 Å². The lowest BCUT2D eigenvalue weighted by molar-refractivity contribution is 0.0997. The number of nitrogens with zero attached hydrogens (tertiary/aromatic N) is 2. The van der Waals surface area contributed by atoms with Gasteiger partial charge in [0.2, 0.25) is 6.79 Å². The topological polar surface area (TPSA) is 71.3 Å². The summed E-state index contributed by atoms with van der Waals surface area (Å²) in [5.41, 5.74) is 1.41. The van der Waals surface area contributed by atoms with Crippen LogP contribution in [-0.2, 0) is 6.54 Å². The van der Waals surface area contributed by atoms with Crippen molar-refractivity contribution in [2.45, 2.75) is 6.54 Å². The SMILES string of the molecule is COc1ccc(C(=O)N=c2sc3cc4c(cc3n2CCSC)OCO4)cc1OC. The van der Waals surface area contributed by atoms with Gasteiger partial charge >= 0.3 is 0 Å². The van der Waals surface area contributed by atoms with Crippen LogP contribution < -0.4 is 23.7 Å². The number of aromatic nitrogens is 1. The molecule has 0 atom stereocenters. The standard InChI is InChI=1S/C20H20N2O5S2/c1-24-14-5-4-12(8-15(14)25-2)19(23)21-20-22(6-7-28-3)13-9-16-17(27-11-26-16)10-18(13)29-20/h4-5,8-10H,6-7,11H2,1-3H3. The molecule has 29 heavy (non-hydrogen) atoms. The lowest BCUT2D eigenvalue weighted by Gasteiger charge is -2.08. The monoisotopic (exact) mass is 432 g/mol. The van der Waals surface area contributed by atoms with Gasteiger partial charge in [0.15, 0.2) is 27.8 Å². The Hall–Kier alpha value is -2.65. The summed E-state index contributed by atoms with van der Waals surface area (Å²) in [6.07, 6.45) is 2.05. The molecule has 1 amide bonds. The van der Waals surface area contributed by atoms with E-state index in [-0.39, 0.29) is 12.7 Å². The second kappa shape index (κ2) is 8.38. The number of carbonyl (C=O) groups excluding carboxylic acids is 1. The first-order valence-electron chi connectivity index (χ1n) is 8.87. The molecule has 0 radical (unpaired) electrons. The van der Waals surface area contributed by atoms with Crippen LogP contribution in [0.5, 0.6) is 23.0 Å². The Morgan fingerprint density at radius 1 is 1.17 bits per heavy atom. The number of amides is 1. The lowest BCUT2D eigenvalue weighted by Crippen LogP contribution is -2.18. The van der Waals surface area contributed by atoms with Crippen LogP contribution in [0, 0.1) is 0 Å². The molecule has 2 heterocycles. The minimum atomic E-state index is -0.338. The lowest BCUT2D eigenvalue weighted by atomic mass is 10.2. The van der Waals surface area contributed by atoms with Crippen molar-refractivity contribution in [2.75, 3.05) is 33.0 Å². The highest BCUT2D eigenvalue weighted by Gasteiger charge is 2.18. The van der Waals surface area contributed by atoms with Gasteiger partial charge < -0.3 is 23.5 Å². The predicted molar refractivity (Wildman–Crippen MR) is 114 cm³/mol. The maximum Gasteiger partial charge on any atom is 0.279 e. The maximum atomic E-state index is 12.9. The molecule has 2 aromatic carbocycles. The maximum absolute atomic E-state index is 12.9. The first-order valence-corrected chi connectivity index (χ1v) is 11.1. The number of methoxy groups -OCH3 is 2. The molecule has 7 nitrogen and oxygen atoms in total. The smallest absolute Gasteiger partial charge is 0.279 e. The van der Waals surface area contributed by atoms with Gasteiger partial charge in [-0.3, -0.25) is 4.79 Å². The summed E-state index contributed by atoms with van der Waals surface area (Å²) >= 11 is 3.19. The van der Waals surface area contributed by atoms with Crippen LogP contribution >= 0.6 is 23.1 Å². The average Bonchev–Trinajstić information content (AvgIpc) is 3.33. The number of fused-ring (bicyclic) bond motifs is 2. The molecule has 0 spiro atoms. The van der Waals surface area contributed by atoms with Crippen molar-refractivity contribution < 1.29 is 23.7 Å². The van der Waals surface area contributed by atoms with E-state index in [1.807, 2.05) is 12.1 Å². The zero-order chi connectivity index (χ0) is 20.4. The normalized spacial score (nSPS) is 13.1. The van der Waals surface area contributed by atoms with Crippen LogP contribution in [-0.4, -0.2) is 43.5 Å². The van der Waals surface area contributed by atoms with E-state index in [9.17, 15) is 4.79 Å². The fraction of sp³-hybridized carbons (Fsp3) is 0.300. The molecule has 0 fully saturated rings. The van der Waals surface area contributed by atoms with E-state index in [1.54, 1.807) is 37.1 Å². The molecule has 9 heteroatoms. The largest absolute Gasteiger partial charge is 0.493 e. The summed E-state index contributed by atoms with van der Waals surface area (Å²) in [5, 5.41) is 0. The number of thiazole rings is 1. The molecule has 0 aliphatic carbocycles. The molecular weight excluding hydrogens is 412 g/mol. The van der Waals surface area contributed by atoms with E-state index in [1.165, 1.54) is 18.4 Å². The van der Waals surface area contributed by atoms with Gasteiger partial charge in [-0.05, 0) is 24.5 Å². The number of hydrogen-bond acceptors (Lipinski definition) is 7. The van der Waals surface area contributed by atoms with Crippen LogP contribution in [0.2, 0.25) is 0 Å². The number of thioether (sulfide) groups is 1. The summed E-state index contributed by atoms with van der Waals surface area (Å²) in [4.78, 5) is 17.9. The summed E-state index contributed by atoms with van der Waals surface area (Å²) in [7, 11) is 3.09. The number of hydrogen-bond donors (Lipinski definition) is 0.